The number of benzene rings is 2. The van der Waals surface area contributed by atoms with Crippen LogP contribution in [0.2, 0.25) is 0 Å². The molecular weight excluding hydrogens is 396 g/mol. The molecule has 0 heterocycles. The molecule has 2 aromatic carbocycles. The van der Waals surface area contributed by atoms with Crippen LogP contribution in [0.15, 0.2) is 48.5 Å². The summed E-state index contributed by atoms with van der Waals surface area (Å²) in [6, 6.07) is 17.9. The van der Waals surface area contributed by atoms with Crippen molar-refractivity contribution in [1.29, 1.82) is 0 Å². The van der Waals surface area contributed by atoms with E-state index in [4.69, 9.17) is 5.11 Å². The summed E-state index contributed by atoms with van der Waals surface area (Å²) in [7, 11) is 0. The van der Waals surface area contributed by atoms with Gasteiger partial charge < -0.3 is 5.11 Å². The van der Waals surface area contributed by atoms with Gasteiger partial charge in [-0.15, -0.1) is 0 Å². The molecule has 2 aromatic rings. The summed E-state index contributed by atoms with van der Waals surface area (Å²) >= 11 is 0. The Labute approximate surface area is 121 Å². The summed E-state index contributed by atoms with van der Waals surface area (Å²) in [6.45, 7) is 0. The zero-order valence-corrected chi connectivity index (χ0v) is 12.7. The van der Waals surface area contributed by atoms with Crippen molar-refractivity contribution in [2.24, 2.45) is 0 Å². The van der Waals surface area contributed by atoms with Crippen molar-refractivity contribution >= 4 is 5.97 Å². The number of carboxylic acids is 1. The summed E-state index contributed by atoms with van der Waals surface area (Å²) < 4.78 is 0. The summed E-state index contributed by atoms with van der Waals surface area (Å²) in [6.07, 6.45) is 1.59. The monoisotopic (exact) mass is 409 g/mol. The van der Waals surface area contributed by atoms with E-state index in [-0.39, 0.29) is 21.1 Å². The molecule has 0 spiro atoms. The Morgan fingerprint density at radius 1 is 1.06 bits per heavy atom. The van der Waals surface area contributed by atoms with Gasteiger partial charge in [0.2, 0.25) is 0 Å². The van der Waals surface area contributed by atoms with Gasteiger partial charge in [-0.3, -0.25) is 0 Å². The third kappa shape index (κ3) is 3.82. The Morgan fingerprint density at radius 3 is 2.39 bits per heavy atom. The molecule has 2 rings (SSSR count). The second kappa shape index (κ2) is 7.13. The topological polar surface area (TPSA) is 37.3 Å². The molecule has 0 aliphatic heterocycles. The fraction of sp³-hybridized carbons (Fsp3) is 0.133. The average molecular weight is 409 g/mol. The van der Waals surface area contributed by atoms with Crippen molar-refractivity contribution < 1.29 is 31.0 Å². The van der Waals surface area contributed by atoms with Crippen LogP contribution in [0.5, 0.6) is 0 Å². The van der Waals surface area contributed by atoms with E-state index in [9.17, 15) is 4.79 Å². The van der Waals surface area contributed by atoms with E-state index < -0.39 is 5.97 Å². The molecule has 18 heavy (non-hydrogen) atoms. The van der Waals surface area contributed by atoms with Gasteiger partial charge in [-0.1, -0.05) is 18.2 Å². The number of hydrogen-bond donors (Lipinski definition) is 1. The average Bonchev–Trinajstić information content (AvgIpc) is 2.38. The van der Waals surface area contributed by atoms with Crippen molar-refractivity contribution in [2.45, 2.75) is 12.8 Å². The first-order valence-electron chi connectivity index (χ1n) is 5.53. The Morgan fingerprint density at radius 2 is 1.72 bits per heavy atom. The summed E-state index contributed by atoms with van der Waals surface area (Å²) in [5.74, 6) is -0.859. The number of rotatable bonds is 4. The van der Waals surface area contributed by atoms with E-state index in [1.807, 2.05) is 36.4 Å². The summed E-state index contributed by atoms with van der Waals surface area (Å²) in [4.78, 5) is 11.0. The first kappa shape index (κ1) is 14.7. The Kier molecular flexibility index (Phi) is 5.80. The zero-order valence-electron chi connectivity index (χ0n) is 9.80. The van der Waals surface area contributed by atoms with Crippen LogP contribution in [-0.2, 0) is 33.9 Å². The van der Waals surface area contributed by atoms with Crippen LogP contribution in [0.1, 0.15) is 21.5 Å². The summed E-state index contributed by atoms with van der Waals surface area (Å²) in [5, 5.41) is 9.06. The number of carbonyl (C=O) groups is 1. The number of aryl methyl sites for hydroxylation is 2. The number of hydrogen-bond acceptors (Lipinski definition) is 1. The standard InChI is InChI=1S/C15H13O2.W/c16-15(17)14-9-5-4-8-13(14)11-10-12-6-2-1-3-7-12;/h2-9H,10-11H2,(H,16,17);/q-1;. The Balaban J connectivity index is 0.00000162. The predicted octanol–water partition coefficient (Wildman–Crippen LogP) is 2.97. The Bertz CT molecular complexity index is 509. The second-order valence-corrected chi connectivity index (χ2v) is 3.87. The molecule has 0 aliphatic rings. The third-order valence-electron chi connectivity index (χ3n) is 2.72. The van der Waals surface area contributed by atoms with Crippen molar-refractivity contribution in [1.82, 2.24) is 0 Å². The molecule has 0 aromatic heterocycles. The van der Waals surface area contributed by atoms with Crippen molar-refractivity contribution in [3.05, 3.63) is 71.3 Å². The van der Waals surface area contributed by atoms with Gasteiger partial charge in [0.15, 0.2) is 0 Å². The molecule has 0 fully saturated rings. The normalized spacial score (nSPS) is 9.56. The van der Waals surface area contributed by atoms with Gasteiger partial charge in [-0.25, -0.2) is 4.79 Å². The van der Waals surface area contributed by atoms with Gasteiger partial charge in [0, 0.05) is 21.1 Å². The van der Waals surface area contributed by atoms with Gasteiger partial charge in [0.05, 0.1) is 5.56 Å². The molecule has 0 aliphatic carbocycles. The molecule has 0 bridgehead atoms. The largest absolute Gasteiger partial charge is 0.478 e. The van der Waals surface area contributed by atoms with E-state index >= 15 is 0 Å². The van der Waals surface area contributed by atoms with Crippen LogP contribution in [0.25, 0.3) is 0 Å². The van der Waals surface area contributed by atoms with Crippen molar-refractivity contribution in [3.8, 4) is 0 Å². The molecule has 2 nitrogen and oxygen atoms in total. The van der Waals surface area contributed by atoms with E-state index in [2.05, 4.69) is 6.07 Å². The Hall–Kier alpha value is -1.40. The molecule has 0 radical (unpaired) electrons. The third-order valence-corrected chi connectivity index (χ3v) is 2.72. The molecular formula is C15H13O2W-. The SMILES string of the molecule is O=C(O)c1ccccc1CCc1cc[c-]cc1.[W]. The maximum Gasteiger partial charge on any atom is 0.335 e. The molecule has 0 saturated heterocycles. The zero-order chi connectivity index (χ0) is 12.1. The smallest absolute Gasteiger partial charge is 0.335 e. The van der Waals surface area contributed by atoms with Crippen LogP contribution in [0.4, 0.5) is 0 Å². The van der Waals surface area contributed by atoms with Crippen LogP contribution in [0.3, 0.4) is 0 Å². The summed E-state index contributed by atoms with van der Waals surface area (Å²) in [5.41, 5.74) is 2.48. The van der Waals surface area contributed by atoms with Crippen LogP contribution < -0.4 is 0 Å². The van der Waals surface area contributed by atoms with Gasteiger partial charge in [0.25, 0.3) is 0 Å². The molecule has 0 saturated carbocycles. The first-order valence-corrected chi connectivity index (χ1v) is 5.53. The van der Waals surface area contributed by atoms with Crippen LogP contribution in [0, 0.1) is 6.07 Å². The fourth-order valence-electron chi connectivity index (χ4n) is 1.81. The van der Waals surface area contributed by atoms with Crippen molar-refractivity contribution in [2.75, 3.05) is 0 Å². The fourth-order valence-corrected chi connectivity index (χ4v) is 1.81. The van der Waals surface area contributed by atoms with Gasteiger partial charge in [0.1, 0.15) is 0 Å². The number of carboxylic acid groups (broad SMARTS) is 1. The van der Waals surface area contributed by atoms with Crippen LogP contribution in [-0.4, -0.2) is 11.1 Å². The molecule has 0 amide bonds. The first-order chi connectivity index (χ1) is 8.27. The molecule has 0 unspecified atom stereocenters. The van der Waals surface area contributed by atoms with Crippen LogP contribution >= 0.6 is 0 Å². The van der Waals surface area contributed by atoms with Gasteiger partial charge in [-0.2, -0.15) is 35.9 Å². The molecule has 1 N–H and O–H groups in total. The maximum absolute atomic E-state index is 11.0. The van der Waals surface area contributed by atoms with Crippen molar-refractivity contribution in [3.63, 3.8) is 0 Å². The number of aromatic carboxylic acids is 1. The minimum Gasteiger partial charge on any atom is -0.478 e. The minimum atomic E-state index is -0.859. The quantitative estimate of drug-likeness (QED) is 0.789. The van der Waals surface area contributed by atoms with E-state index in [0.717, 1.165) is 18.4 Å². The van der Waals surface area contributed by atoms with E-state index in [0.29, 0.717) is 5.56 Å². The second-order valence-electron chi connectivity index (χ2n) is 3.87. The van der Waals surface area contributed by atoms with Gasteiger partial charge in [-0.05, 0) is 24.5 Å². The molecule has 0 atom stereocenters. The minimum absolute atomic E-state index is 0. The molecule has 3 heteroatoms. The predicted molar refractivity (Wildman–Crippen MR) is 66.1 cm³/mol. The van der Waals surface area contributed by atoms with E-state index in [1.165, 1.54) is 5.56 Å². The van der Waals surface area contributed by atoms with Gasteiger partial charge >= 0.3 is 5.97 Å². The maximum atomic E-state index is 11.0. The van der Waals surface area contributed by atoms with E-state index in [1.54, 1.807) is 12.1 Å². The molecule has 92 valence electrons.